The zero-order valence-corrected chi connectivity index (χ0v) is 53.1. The number of rotatable bonds is 66. The van der Waals surface area contributed by atoms with Crippen molar-refractivity contribution in [2.45, 2.75) is 392 Å². The van der Waals surface area contributed by atoms with Gasteiger partial charge in [-0.25, -0.2) is 0 Å². The minimum Gasteiger partial charge on any atom is -0.466 e. The Kier molecular flexibility index (Phi) is 66.4. The molecule has 6 heteroatoms. The molecule has 0 radical (unpaired) electrons. The van der Waals surface area contributed by atoms with E-state index in [9.17, 15) is 19.8 Å². The summed E-state index contributed by atoms with van der Waals surface area (Å²) in [7, 11) is 0. The molecule has 0 bridgehead atoms. The molecule has 79 heavy (non-hydrogen) atoms. The molecular weight excluding hydrogens is 971 g/mol. The lowest BCUT2D eigenvalue weighted by Crippen LogP contribution is -2.45. The van der Waals surface area contributed by atoms with E-state index in [0.717, 1.165) is 51.4 Å². The number of hydrogen-bond donors (Lipinski definition) is 3. The lowest BCUT2D eigenvalue weighted by molar-refractivity contribution is -0.143. The van der Waals surface area contributed by atoms with E-state index in [0.29, 0.717) is 19.4 Å². The van der Waals surface area contributed by atoms with Crippen molar-refractivity contribution in [2.24, 2.45) is 0 Å². The predicted molar refractivity (Wildman–Crippen MR) is 347 cm³/mol. The molecule has 0 aliphatic carbocycles. The van der Waals surface area contributed by atoms with Gasteiger partial charge >= 0.3 is 5.97 Å². The number of aliphatic hydroxyl groups is 2. The molecule has 0 aromatic carbocycles. The van der Waals surface area contributed by atoms with Crippen molar-refractivity contribution in [2.75, 3.05) is 13.2 Å². The summed E-state index contributed by atoms with van der Waals surface area (Å²) >= 11 is 0. The maximum atomic E-state index is 12.5. The molecule has 0 fully saturated rings. The van der Waals surface area contributed by atoms with Crippen molar-refractivity contribution in [1.29, 1.82) is 0 Å². The number of amides is 1. The summed E-state index contributed by atoms with van der Waals surface area (Å²) in [5, 5.41) is 23.2. The number of unbranched alkanes of at least 4 members (excludes halogenated alkanes) is 49. The second kappa shape index (κ2) is 68.3. The SMILES string of the molecule is CCC/C=C\C/C=C\CCCCCCCC(=O)OCCCCCCCCCCCCCC/C=C\CCCCCCCCCCCCCCCCCCCC(=O)NC(CO)C(O)/C=C/CCCCCCCCCCCCCCCC. The van der Waals surface area contributed by atoms with E-state index >= 15 is 0 Å². The van der Waals surface area contributed by atoms with Crippen molar-refractivity contribution < 1.29 is 24.5 Å². The Bertz CT molecular complexity index is 1320. The molecule has 464 valence electrons. The third-order valence-corrected chi connectivity index (χ3v) is 16.3. The van der Waals surface area contributed by atoms with Gasteiger partial charge in [-0.3, -0.25) is 9.59 Å². The maximum Gasteiger partial charge on any atom is 0.305 e. The van der Waals surface area contributed by atoms with Crippen molar-refractivity contribution in [1.82, 2.24) is 5.32 Å². The molecule has 3 N–H and O–H groups in total. The summed E-state index contributed by atoms with van der Waals surface area (Å²) in [5.74, 6) is -0.0598. The van der Waals surface area contributed by atoms with Gasteiger partial charge in [-0.1, -0.05) is 332 Å². The number of aliphatic hydroxyl groups excluding tert-OH is 2. The van der Waals surface area contributed by atoms with Crippen LogP contribution in [0.1, 0.15) is 380 Å². The molecule has 0 aliphatic heterocycles. The fourth-order valence-electron chi connectivity index (χ4n) is 10.9. The van der Waals surface area contributed by atoms with E-state index in [1.54, 1.807) is 6.08 Å². The van der Waals surface area contributed by atoms with Crippen molar-refractivity contribution in [3.05, 3.63) is 48.6 Å². The van der Waals surface area contributed by atoms with Crippen LogP contribution in [-0.4, -0.2) is 47.4 Å². The first-order valence-electron chi connectivity index (χ1n) is 35.4. The molecule has 0 aromatic rings. The minimum atomic E-state index is -0.843. The van der Waals surface area contributed by atoms with Crippen LogP contribution in [0.3, 0.4) is 0 Å². The fourth-order valence-corrected chi connectivity index (χ4v) is 10.9. The van der Waals surface area contributed by atoms with Crippen molar-refractivity contribution in [3.63, 3.8) is 0 Å². The molecule has 6 nitrogen and oxygen atoms in total. The Morgan fingerprint density at radius 3 is 1.03 bits per heavy atom. The highest BCUT2D eigenvalue weighted by Gasteiger charge is 2.18. The third-order valence-electron chi connectivity index (χ3n) is 16.3. The van der Waals surface area contributed by atoms with Gasteiger partial charge in [-0.05, 0) is 83.5 Å². The van der Waals surface area contributed by atoms with Crippen LogP contribution >= 0.6 is 0 Å². The van der Waals surface area contributed by atoms with Crippen LogP contribution in [0.4, 0.5) is 0 Å². The van der Waals surface area contributed by atoms with Gasteiger partial charge in [0, 0.05) is 12.8 Å². The van der Waals surface area contributed by atoms with Crippen LogP contribution in [-0.2, 0) is 14.3 Å². The predicted octanol–water partition coefficient (Wildman–Crippen LogP) is 22.9. The Balaban J connectivity index is 3.37. The van der Waals surface area contributed by atoms with E-state index in [-0.39, 0.29) is 18.5 Å². The molecule has 0 aromatic heterocycles. The zero-order valence-electron chi connectivity index (χ0n) is 53.1. The third kappa shape index (κ3) is 64.8. The van der Waals surface area contributed by atoms with Gasteiger partial charge in [0.15, 0.2) is 0 Å². The first-order chi connectivity index (χ1) is 39.0. The zero-order chi connectivity index (χ0) is 57.1. The van der Waals surface area contributed by atoms with E-state index in [4.69, 9.17) is 4.74 Å². The van der Waals surface area contributed by atoms with E-state index in [2.05, 4.69) is 55.6 Å². The molecule has 0 aliphatic rings. The average molecular weight is 1110 g/mol. The number of carbonyl (C=O) groups excluding carboxylic acids is 2. The van der Waals surface area contributed by atoms with E-state index in [1.165, 1.54) is 302 Å². The van der Waals surface area contributed by atoms with Crippen LogP contribution in [0.2, 0.25) is 0 Å². The van der Waals surface area contributed by atoms with Crippen LogP contribution in [0.5, 0.6) is 0 Å². The molecule has 2 unspecified atom stereocenters. The number of nitrogens with one attached hydrogen (secondary N) is 1. The lowest BCUT2D eigenvalue weighted by atomic mass is 10.0. The van der Waals surface area contributed by atoms with Gasteiger partial charge in [-0.15, -0.1) is 0 Å². The molecule has 0 spiro atoms. The van der Waals surface area contributed by atoms with E-state index < -0.39 is 12.1 Å². The van der Waals surface area contributed by atoms with Gasteiger partial charge in [-0.2, -0.15) is 0 Å². The maximum absolute atomic E-state index is 12.5. The summed E-state index contributed by atoms with van der Waals surface area (Å²) < 4.78 is 5.48. The first-order valence-corrected chi connectivity index (χ1v) is 35.4. The molecule has 0 rings (SSSR count). The lowest BCUT2D eigenvalue weighted by Gasteiger charge is -2.20. The summed E-state index contributed by atoms with van der Waals surface area (Å²) in [6.45, 7) is 4.86. The molecule has 2 atom stereocenters. The van der Waals surface area contributed by atoms with Crippen LogP contribution < -0.4 is 5.32 Å². The van der Waals surface area contributed by atoms with Gasteiger partial charge in [0.05, 0.1) is 25.4 Å². The smallest absolute Gasteiger partial charge is 0.305 e. The Morgan fingerprint density at radius 1 is 0.354 bits per heavy atom. The summed E-state index contributed by atoms with van der Waals surface area (Å²) in [4.78, 5) is 24.5. The van der Waals surface area contributed by atoms with Gasteiger partial charge < -0.3 is 20.3 Å². The second-order valence-corrected chi connectivity index (χ2v) is 24.2. The monoisotopic (exact) mass is 1110 g/mol. The number of carbonyl (C=O) groups is 2. The van der Waals surface area contributed by atoms with Crippen LogP contribution in [0.25, 0.3) is 0 Å². The largest absolute Gasteiger partial charge is 0.466 e. The highest BCUT2D eigenvalue weighted by molar-refractivity contribution is 5.76. The summed E-state index contributed by atoms with van der Waals surface area (Å²) in [6, 6.07) is -0.626. The normalized spacial score (nSPS) is 12.8. The Morgan fingerprint density at radius 2 is 0.658 bits per heavy atom. The summed E-state index contributed by atoms with van der Waals surface area (Å²) in [6.07, 6.45) is 89.1. The van der Waals surface area contributed by atoms with Crippen LogP contribution in [0.15, 0.2) is 48.6 Å². The Hall–Kier alpha value is -2.18. The first kappa shape index (κ1) is 76.8. The quantitative estimate of drug-likeness (QED) is 0.0320. The van der Waals surface area contributed by atoms with Gasteiger partial charge in [0.1, 0.15) is 0 Å². The van der Waals surface area contributed by atoms with Gasteiger partial charge in [0.2, 0.25) is 5.91 Å². The number of ether oxygens (including phenoxy) is 1. The number of allylic oxidation sites excluding steroid dienone is 7. The minimum absolute atomic E-state index is 0.00299. The molecule has 0 saturated heterocycles. The van der Waals surface area contributed by atoms with E-state index in [1.807, 2.05) is 6.08 Å². The standard InChI is InChI=1S/C73H137NO5/c1-3-5-7-9-11-13-15-17-18-38-42-45-49-53-57-61-65-71(76)70(69-75)74-72(77)66-62-58-54-50-46-43-39-36-34-32-30-28-26-24-22-20-19-21-23-25-27-29-31-33-35-37-40-44-48-52-56-60-64-68-79-73(78)67-63-59-55-51-47-41-16-14-12-10-8-6-4-2/h8,10,14,16,23,25,61,65,70-71,75-76H,3-7,9,11-13,15,17-22,24,26-60,62-64,66-69H2,1-2H3,(H,74,77)/b10-8-,16-14-,25-23-,65-61+. The Labute approximate surface area is 493 Å². The molecule has 1 amide bonds. The highest BCUT2D eigenvalue weighted by atomic mass is 16.5. The molecule has 0 saturated carbocycles. The van der Waals surface area contributed by atoms with Crippen LogP contribution in [0, 0.1) is 0 Å². The molecular formula is C73H137NO5. The number of hydrogen-bond acceptors (Lipinski definition) is 5. The fraction of sp³-hybridized carbons (Fsp3) is 0.863. The highest BCUT2D eigenvalue weighted by Crippen LogP contribution is 2.18. The van der Waals surface area contributed by atoms with Crippen molar-refractivity contribution in [3.8, 4) is 0 Å². The average Bonchev–Trinajstić information content (AvgIpc) is 3.45. The van der Waals surface area contributed by atoms with Crippen molar-refractivity contribution >= 4 is 11.9 Å². The van der Waals surface area contributed by atoms with Gasteiger partial charge in [0.25, 0.3) is 0 Å². The number of esters is 1. The second-order valence-electron chi connectivity index (χ2n) is 24.2. The summed E-state index contributed by atoms with van der Waals surface area (Å²) in [5.41, 5.74) is 0. The topological polar surface area (TPSA) is 95.9 Å². The molecule has 0 heterocycles.